The number of aliphatic imine (C=N–C) groups is 1. The van der Waals surface area contributed by atoms with Crippen molar-refractivity contribution >= 4 is 5.96 Å². The van der Waals surface area contributed by atoms with E-state index >= 15 is 0 Å². The molecular formula is C19H38N4O. The predicted octanol–water partition coefficient (Wildman–Crippen LogP) is 2.76. The number of rotatable bonds is 10. The van der Waals surface area contributed by atoms with Crippen molar-refractivity contribution in [2.24, 2.45) is 4.99 Å². The summed E-state index contributed by atoms with van der Waals surface area (Å²) in [6.45, 7) is 7.91. The van der Waals surface area contributed by atoms with Gasteiger partial charge in [0, 0.05) is 31.8 Å². The van der Waals surface area contributed by atoms with Gasteiger partial charge in [0.2, 0.25) is 0 Å². The molecular weight excluding hydrogens is 300 g/mol. The van der Waals surface area contributed by atoms with Crippen molar-refractivity contribution in [2.75, 3.05) is 33.3 Å². The van der Waals surface area contributed by atoms with Crippen LogP contribution in [0.2, 0.25) is 0 Å². The van der Waals surface area contributed by atoms with Crippen LogP contribution in [-0.2, 0) is 4.74 Å². The quantitative estimate of drug-likeness (QED) is 0.365. The Morgan fingerprint density at radius 2 is 1.92 bits per heavy atom. The smallest absolute Gasteiger partial charge is 0.191 e. The minimum Gasteiger partial charge on any atom is -0.378 e. The Labute approximate surface area is 148 Å². The Morgan fingerprint density at radius 1 is 1.17 bits per heavy atom. The molecule has 0 aromatic rings. The number of hydrogen-bond donors (Lipinski definition) is 2. The van der Waals surface area contributed by atoms with E-state index in [0.717, 1.165) is 44.7 Å². The van der Waals surface area contributed by atoms with Crippen molar-refractivity contribution in [3.63, 3.8) is 0 Å². The van der Waals surface area contributed by atoms with Crippen LogP contribution in [0.3, 0.4) is 0 Å². The number of nitrogens with one attached hydrogen (secondary N) is 2. The Bertz CT molecular complexity index is 364. The zero-order valence-corrected chi connectivity index (χ0v) is 16.0. The summed E-state index contributed by atoms with van der Waals surface area (Å²) in [5.41, 5.74) is 0. The molecule has 0 radical (unpaired) electrons. The monoisotopic (exact) mass is 338 g/mol. The van der Waals surface area contributed by atoms with Gasteiger partial charge in [0.25, 0.3) is 0 Å². The first-order valence-electron chi connectivity index (χ1n) is 10.1. The molecule has 0 amide bonds. The van der Waals surface area contributed by atoms with E-state index in [9.17, 15) is 0 Å². The number of hydrogen-bond acceptors (Lipinski definition) is 3. The van der Waals surface area contributed by atoms with Crippen LogP contribution in [0.4, 0.5) is 0 Å². The van der Waals surface area contributed by atoms with E-state index in [1.807, 2.05) is 0 Å². The van der Waals surface area contributed by atoms with Gasteiger partial charge < -0.3 is 15.4 Å². The minimum absolute atomic E-state index is 0.502. The van der Waals surface area contributed by atoms with E-state index < -0.39 is 0 Å². The highest BCUT2D eigenvalue weighted by Crippen LogP contribution is 2.26. The van der Waals surface area contributed by atoms with Crippen molar-refractivity contribution in [1.82, 2.24) is 15.5 Å². The molecule has 0 heterocycles. The second-order valence-corrected chi connectivity index (χ2v) is 7.38. The fourth-order valence-corrected chi connectivity index (χ4v) is 3.30. The zero-order chi connectivity index (χ0) is 17.2. The van der Waals surface area contributed by atoms with Crippen LogP contribution < -0.4 is 10.6 Å². The van der Waals surface area contributed by atoms with Gasteiger partial charge in [0.05, 0.1) is 12.6 Å². The fraction of sp³-hybridized carbons (Fsp3) is 0.947. The lowest BCUT2D eigenvalue weighted by molar-refractivity contribution is 0.0277. The Hall–Kier alpha value is -0.810. The van der Waals surface area contributed by atoms with Crippen molar-refractivity contribution in [3.8, 4) is 0 Å². The topological polar surface area (TPSA) is 48.9 Å². The molecule has 24 heavy (non-hydrogen) atoms. The molecule has 1 atom stereocenters. The maximum Gasteiger partial charge on any atom is 0.191 e. The molecule has 140 valence electrons. The molecule has 0 bridgehead atoms. The highest BCUT2D eigenvalue weighted by atomic mass is 16.5. The Morgan fingerprint density at radius 3 is 2.58 bits per heavy atom. The lowest BCUT2D eigenvalue weighted by Crippen LogP contribution is -2.40. The normalized spacial score (nSPS) is 21.1. The van der Waals surface area contributed by atoms with Gasteiger partial charge in [-0.25, -0.2) is 0 Å². The minimum atomic E-state index is 0.502. The van der Waals surface area contributed by atoms with E-state index in [4.69, 9.17) is 9.73 Å². The predicted molar refractivity (Wildman–Crippen MR) is 102 cm³/mol. The SMILES string of the molecule is CCNC(=NCC(C)N(C)C1CC1)NCCCOC1CCCCC1. The number of guanidine groups is 1. The first kappa shape index (κ1) is 19.5. The molecule has 0 aromatic carbocycles. The average Bonchev–Trinajstić information content (AvgIpc) is 3.44. The van der Waals surface area contributed by atoms with Crippen molar-refractivity contribution in [2.45, 2.75) is 83.4 Å². The van der Waals surface area contributed by atoms with Crippen LogP contribution in [0.1, 0.15) is 65.2 Å². The van der Waals surface area contributed by atoms with Crippen LogP contribution in [0, 0.1) is 0 Å². The van der Waals surface area contributed by atoms with E-state index in [2.05, 4.69) is 36.4 Å². The van der Waals surface area contributed by atoms with E-state index in [1.54, 1.807) is 0 Å². The molecule has 2 aliphatic carbocycles. The molecule has 0 spiro atoms. The third kappa shape index (κ3) is 7.39. The zero-order valence-electron chi connectivity index (χ0n) is 16.0. The molecule has 5 nitrogen and oxygen atoms in total. The first-order valence-corrected chi connectivity index (χ1v) is 10.1. The molecule has 1 unspecified atom stereocenters. The number of likely N-dealkylation sites (N-methyl/N-ethyl adjacent to an activating group) is 1. The van der Waals surface area contributed by atoms with Crippen LogP contribution in [0.25, 0.3) is 0 Å². The van der Waals surface area contributed by atoms with E-state index in [1.165, 1.54) is 44.9 Å². The summed E-state index contributed by atoms with van der Waals surface area (Å²) >= 11 is 0. The summed E-state index contributed by atoms with van der Waals surface area (Å²) in [4.78, 5) is 7.21. The second-order valence-electron chi connectivity index (χ2n) is 7.38. The molecule has 2 rings (SSSR count). The molecule has 2 N–H and O–H groups in total. The summed E-state index contributed by atoms with van der Waals surface area (Å²) in [5.74, 6) is 0.936. The molecule has 0 saturated heterocycles. The van der Waals surface area contributed by atoms with E-state index in [-0.39, 0.29) is 0 Å². The van der Waals surface area contributed by atoms with Gasteiger partial charge in [-0.2, -0.15) is 0 Å². The van der Waals surface area contributed by atoms with E-state index in [0.29, 0.717) is 12.1 Å². The maximum absolute atomic E-state index is 5.98. The molecule has 2 fully saturated rings. The van der Waals surface area contributed by atoms with Gasteiger partial charge in [0.1, 0.15) is 0 Å². The van der Waals surface area contributed by atoms with Crippen molar-refractivity contribution in [3.05, 3.63) is 0 Å². The van der Waals surface area contributed by atoms with Crippen LogP contribution in [0.5, 0.6) is 0 Å². The van der Waals surface area contributed by atoms with Crippen molar-refractivity contribution in [1.29, 1.82) is 0 Å². The summed E-state index contributed by atoms with van der Waals surface area (Å²) in [6, 6.07) is 1.30. The van der Waals surface area contributed by atoms with Gasteiger partial charge in [0.15, 0.2) is 5.96 Å². The summed E-state index contributed by atoms with van der Waals surface area (Å²) in [6.07, 6.45) is 10.8. The average molecular weight is 339 g/mol. The lowest BCUT2D eigenvalue weighted by Gasteiger charge is -2.23. The number of ether oxygens (including phenoxy) is 1. The fourth-order valence-electron chi connectivity index (χ4n) is 3.30. The van der Waals surface area contributed by atoms with Crippen LogP contribution in [-0.4, -0.2) is 62.3 Å². The van der Waals surface area contributed by atoms with Gasteiger partial charge in [-0.1, -0.05) is 19.3 Å². The van der Waals surface area contributed by atoms with Gasteiger partial charge in [-0.05, 0) is 53.0 Å². The number of nitrogens with zero attached hydrogens (tertiary/aromatic N) is 2. The standard InChI is InChI=1S/C19H38N4O/c1-4-20-19(22-15-16(2)23(3)17-11-12-17)21-13-8-14-24-18-9-6-5-7-10-18/h16-18H,4-15H2,1-3H3,(H2,20,21,22). The Kier molecular flexibility index (Phi) is 8.89. The summed E-state index contributed by atoms with van der Waals surface area (Å²) in [5, 5.41) is 6.78. The third-order valence-electron chi connectivity index (χ3n) is 5.20. The summed E-state index contributed by atoms with van der Waals surface area (Å²) in [7, 11) is 2.22. The molecule has 0 aromatic heterocycles. The second kappa shape index (κ2) is 10.9. The van der Waals surface area contributed by atoms with Crippen LogP contribution >= 0.6 is 0 Å². The highest BCUT2D eigenvalue weighted by molar-refractivity contribution is 5.79. The maximum atomic E-state index is 5.98. The highest BCUT2D eigenvalue weighted by Gasteiger charge is 2.28. The summed E-state index contributed by atoms with van der Waals surface area (Å²) < 4.78 is 5.98. The van der Waals surface area contributed by atoms with Crippen molar-refractivity contribution < 1.29 is 4.74 Å². The van der Waals surface area contributed by atoms with Gasteiger partial charge in [-0.3, -0.25) is 9.89 Å². The van der Waals surface area contributed by atoms with Crippen LogP contribution in [0.15, 0.2) is 4.99 Å². The third-order valence-corrected chi connectivity index (χ3v) is 5.20. The lowest BCUT2D eigenvalue weighted by atomic mass is 9.98. The Balaban J connectivity index is 1.59. The van der Waals surface area contributed by atoms with Gasteiger partial charge in [-0.15, -0.1) is 0 Å². The first-order chi connectivity index (χ1) is 11.7. The largest absolute Gasteiger partial charge is 0.378 e. The molecule has 2 aliphatic rings. The van der Waals surface area contributed by atoms with Gasteiger partial charge >= 0.3 is 0 Å². The molecule has 0 aliphatic heterocycles. The molecule has 2 saturated carbocycles. The molecule has 5 heteroatoms.